The van der Waals surface area contributed by atoms with E-state index in [9.17, 15) is 14.7 Å². The summed E-state index contributed by atoms with van der Waals surface area (Å²) >= 11 is 0. The number of esters is 1. The van der Waals surface area contributed by atoms with Crippen molar-refractivity contribution in [2.24, 2.45) is 0 Å². The fourth-order valence-corrected chi connectivity index (χ4v) is 2.28. The molecule has 0 spiro atoms. The van der Waals surface area contributed by atoms with Crippen molar-refractivity contribution in [1.29, 1.82) is 0 Å². The van der Waals surface area contributed by atoms with Gasteiger partial charge in [-0.3, -0.25) is 0 Å². The highest BCUT2D eigenvalue weighted by Crippen LogP contribution is 2.09. The third-order valence-corrected chi connectivity index (χ3v) is 3.49. The van der Waals surface area contributed by atoms with Crippen LogP contribution in [0.25, 0.3) is 0 Å². The van der Waals surface area contributed by atoms with Crippen molar-refractivity contribution in [3.8, 4) is 0 Å². The van der Waals surface area contributed by atoms with Crippen LogP contribution in [-0.4, -0.2) is 53.3 Å². The minimum absolute atomic E-state index is 0.125. The molecule has 0 aliphatic heterocycles. The van der Waals surface area contributed by atoms with Crippen molar-refractivity contribution in [1.82, 2.24) is 10.2 Å². The summed E-state index contributed by atoms with van der Waals surface area (Å²) in [5.41, 5.74) is 0.602. The molecule has 2 amide bonds. The first-order chi connectivity index (χ1) is 11.7. The summed E-state index contributed by atoms with van der Waals surface area (Å²) in [6.07, 6.45) is 1.62. The Morgan fingerprint density at radius 1 is 1.20 bits per heavy atom. The molecule has 140 valence electrons. The maximum atomic E-state index is 12.4. The van der Waals surface area contributed by atoms with Gasteiger partial charge >= 0.3 is 12.0 Å². The lowest BCUT2D eigenvalue weighted by atomic mass is 10.1. The smallest absolute Gasteiger partial charge is 0.328 e. The lowest BCUT2D eigenvalue weighted by Gasteiger charge is -2.26. The first-order valence-corrected chi connectivity index (χ1v) is 8.66. The molecular formula is C19H30N2O4. The SMILES string of the molecule is C[C@H](NC(=O)N(CCO)CCCc1ccccc1)C(=O)OC(C)(C)C. The Balaban J connectivity index is 2.50. The number of aryl methyl sites for hydroxylation is 1. The predicted octanol–water partition coefficient (Wildman–Crippen LogP) is 2.35. The Morgan fingerprint density at radius 2 is 1.84 bits per heavy atom. The van der Waals surface area contributed by atoms with E-state index in [2.05, 4.69) is 5.32 Å². The van der Waals surface area contributed by atoms with Gasteiger partial charge in [0.25, 0.3) is 0 Å². The molecule has 1 atom stereocenters. The number of nitrogens with zero attached hydrogens (tertiary/aromatic N) is 1. The van der Waals surface area contributed by atoms with Gasteiger partial charge in [0.2, 0.25) is 0 Å². The van der Waals surface area contributed by atoms with Crippen LogP contribution >= 0.6 is 0 Å². The summed E-state index contributed by atoms with van der Waals surface area (Å²) in [4.78, 5) is 25.8. The van der Waals surface area contributed by atoms with E-state index < -0.39 is 17.6 Å². The van der Waals surface area contributed by atoms with Crippen LogP contribution in [0, 0.1) is 0 Å². The number of nitrogens with one attached hydrogen (secondary N) is 1. The highest BCUT2D eigenvalue weighted by Gasteiger charge is 2.24. The second kappa shape index (κ2) is 10.0. The van der Waals surface area contributed by atoms with Gasteiger partial charge in [0.1, 0.15) is 11.6 Å². The Kier molecular flexibility index (Phi) is 8.41. The van der Waals surface area contributed by atoms with Crippen LogP contribution in [-0.2, 0) is 16.0 Å². The zero-order valence-electron chi connectivity index (χ0n) is 15.6. The van der Waals surface area contributed by atoms with Crippen LogP contribution in [0.2, 0.25) is 0 Å². The number of benzene rings is 1. The summed E-state index contributed by atoms with van der Waals surface area (Å²) in [5, 5.41) is 11.8. The molecular weight excluding hydrogens is 320 g/mol. The number of ether oxygens (including phenoxy) is 1. The second-order valence-electron chi connectivity index (χ2n) is 7.00. The first-order valence-electron chi connectivity index (χ1n) is 8.66. The van der Waals surface area contributed by atoms with Crippen LogP contribution in [0.1, 0.15) is 39.7 Å². The van der Waals surface area contributed by atoms with E-state index in [1.807, 2.05) is 30.3 Å². The summed E-state index contributed by atoms with van der Waals surface area (Å²) in [5.74, 6) is -0.478. The first kappa shape index (κ1) is 21.0. The number of hydrogen-bond donors (Lipinski definition) is 2. The Morgan fingerprint density at radius 3 is 2.40 bits per heavy atom. The molecule has 0 fully saturated rings. The van der Waals surface area contributed by atoms with E-state index in [-0.39, 0.29) is 19.2 Å². The fourth-order valence-electron chi connectivity index (χ4n) is 2.28. The van der Waals surface area contributed by atoms with E-state index in [0.29, 0.717) is 6.54 Å². The lowest BCUT2D eigenvalue weighted by molar-refractivity contribution is -0.156. The topological polar surface area (TPSA) is 78.9 Å². The van der Waals surface area contributed by atoms with Crippen LogP contribution in [0.15, 0.2) is 30.3 Å². The van der Waals surface area contributed by atoms with E-state index in [1.54, 1.807) is 27.7 Å². The van der Waals surface area contributed by atoms with Gasteiger partial charge in [0, 0.05) is 13.1 Å². The van der Waals surface area contributed by atoms with Crippen molar-refractivity contribution >= 4 is 12.0 Å². The minimum Gasteiger partial charge on any atom is -0.458 e. The third kappa shape index (κ3) is 8.54. The molecule has 0 saturated carbocycles. The molecule has 0 aliphatic rings. The molecule has 2 N–H and O–H groups in total. The quantitative estimate of drug-likeness (QED) is 0.706. The number of carbonyl (C=O) groups excluding carboxylic acids is 2. The molecule has 6 heteroatoms. The third-order valence-electron chi connectivity index (χ3n) is 3.49. The monoisotopic (exact) mass is 350 g/mol. The Bertz CT molecular complexity index is 540. The average Bonchev–Trinajstić information content (AvgIpc) is 2.53. The number of rotatable bonds is 8. The standard InChI is InChI=1S/C19H30N2O4/c1-15(17(23)25-19(2,3)4)20-18(24)21(13-14-22)12-8-11-16-9-6-5-7-10-16/h5-7,9-10,15,22H,8,11-14H2,1-4H3,(H,20,24)/t15-/m0/s1. The van der Waals surface area contributed by atoms with Crippen molar-refractivity contribution in [2.45, 2.75) is 52.2 Å². The van der Waals surface area contributed by atoms with Gasteiger partial charge < -0.3 is 20.1 Å². The molecule has 0 saturated heterocycles. The van der Waals surface area contributed by atoms with Gasteiger partial charge in [-0.15, -0.1) is 0 Å². The largest absolute Gasteiger partial charge is 0.458 e. The summed E-state index contributed by atoms with van der Waals surface area (Å²) in [6, 6.07) is 8.89. The summed E-state index contributed by atoms with van der Waals surface area (Å²) in [6.45, 7) is 7.53. The second-order valence-corrected chi connectivity index (χ2v) is 7.00. The van der Waals surface area contributed by atoms with Crippen LogP contribution in [0.4, 0.5) is 4.79 Å². The van der Waals surface area contributed by atoms with E-state index in [4.69, 9.17) is 4.74 Å². The minimum atomic E-state index is -0.748. The number of urea groups is 1. The van der Waals surface area contributed by atoms with Gasteiger partial charge in [-0.1, -0.05) is 30.3 Å². The highest BCUT2D eigenvalue weighted by atomic mass is 16.6. The fraction of sp³-hybridized carbons (Fsp3) is 0.579. The molecule has 1 rings (SSSR count). The van der Waals surface area contributed by atoms with Gasteiger partial charge in [0.05, 0.1) is 6.61 Å². The van der Waals surface area contributed by atoms with Crippen LogP contribution < -0.4 is 5.32 Å². The molecule has 1 aromatic rings. The van der Waals surface area contributed by atoms with Gasteiger partial charge in [-0.2, -0.15) is 0 Å². The average molecular weight is 350 g/mol. The van der Waals surface area contributed by atoms with E-state index >= 15 is 0 Å². The number of aliphatic hydroxyl groups excluding tert-OH is 1. The van der Waals surface area contributed by atoms with Crippen molar-refractivity contribution in [3.05, 3.63) is 35.9 Å². The van der Waals surface area contributed by atoms with Crippen molar-refractivity contribution < 1.29 is 19.4 Å². The van der Waals surface area contributed by atoms with Gasteiger partial charge in [0.15, 0.2) is 0 Å². The molecule has 0 aliphatic carbocycles. The molecule has 0 heterocycles. The number of aliphatic hydroxyl groups is 1. The maximum absolute atomic E-state index is 12.4. The number of carbonyl (C=O) groups is 2. The lowest BCUT2D eigenvalue weighted by Crippen LogP contribution is -2.49. The summed E-state index contributed by atoms with van der Waals surface area (Å²) < 4.78 is 5.26. The zero-order valence-corrected chi connectivity index (χ0v) is 15.6. The molecule has 0 bridgehead atoms. The van der Waals surface area contributed by atoms with Crippen molar-refractivity contribution in [2.75, 3.05) is 19.7 Å². The molecule has 6 nitrogen and oxygen atoms in total. The molecule has 0 unspecified atom stereocenters. The normalized spacial score (nSPS) is 12.4. The zero-order chi connectivity index (χ0) is 18.9. The summed E-state index contributed by atoms with van der Waals surface area (Å²) in [7, 11) is 0. The number of amides is 2. The Hall–Kier alpha value is -2.08. The predicted molar refractivity (Wildman–Crippen MR) is 97.3 cm³/mol. The number of hydrogen-bond acceptors (Lipinski definition) is 4. The Labute approximate surface area is 150 Å². The van der Waals surface area contributed by atoms with Crippen LogP contribution in [0.3, 0.4) is 0 Å². The van der Waals surface area contributed by atoms with E-state index in [1.165, 1.54) is 10.5 Å². The molecule has 0 aromatic heterocycles. The maximum Gasteiger partial charge on any atom is 0.328 e. The van der Waals surface area contributed by atoms with Gasteiger partial charge in [-0.05, 0) is 46.1 Å². The highest BCUT2D eigenvalue weighted by molar-refractivity contribution is 5.83. The molecule has 25 heavy (non-hydrogen) atoms. The molecule has 1 aromatic carbocycles. The van der Waals surface area contributed by atoms with Crippen LogP contribution in [0.5, 0.6) is 0 Å². The van der Waals surface area contributed by atoms with Crippen molar-refractivity contribution in [3.63, 3.8) is 0 Å². The van der Waals surface area contributed by atoms with E-state index in [0.717, 1.165) is 12.8 Å². The molecule has 0 radical (unpaired) electrons. The van der Waals surface area contributed by atoms with Gasteiger partial charge in [-0.25, -0.2) is 9.59 Å².